The first kappa shape index (κ1) is 15.4. The van der Waals surface area contributed by atoms with Crippen molar-refractivity contribution in [1.82, 2.24) is 15.0 Å². The van der Waals surface area contributed by atoms with E-state index in [1.807, 2.05) is 12.3 Å². The van der Waals surface area contributed by atoms with E-state index in [2.05, 4.69) is 53.2 Å². The molecule has 0 radical (unpaired) electrons. The van der Waals surface area contributed by atoms with Crippen molar-refractivity contribution in [1.29, 1.82) is 0 Å². The Morgan fingerprint density at radius 3 is 2.48 bits per heavy atom. The zero-order valence-electron chi connectivity index (χ0n) is 13.2. The van der Waals surface area contributed by atoms with E-state index >= 15 is 0 Å². The fraction of sp³-hybridized carbons (Fsp3) is 0.471. The van der Waals surface area contributed by atoms with Gasteiger partial charge in [-0.1, -0.05) is 26.8 Å². The molecule has 0 aliphatic rings. The Morgan fingerprint density at radius 2 is 1.86 bits per heavy atom. The van der Waals surface area contributed by atoms with Crippen LogP contribution in [0.3, 0.4) is 0 Å². The quantitative estimate of drug-likeness (QED) is 0.846. The second kappa shape index (κ2) is 7.72. The molecule has 2 rings (SSSR count). The van der Waals surface area contributed by atoms with E-state index in [1.165, 1.54) is 5.56 Å². The molecule has 0 saturated carbocycles. The first-order valence-corrected chi connectivity index (χ1v) is 7.79. The first-order chi connectivity index (χ1) is 10.2. The molecule has 4 nitrogen and oxygen atoms in total. The molecule has 0 atom stereocenters. The van der Waals surface area contributed by atoms with Crippen LogP contribution in [0.5, 0.6) is 0 Å². The van der Waals surface area contributed by atoms with Crippen molar-refractivity contribution in [3.63, 3.8) is 0 Å². The molecule has 0 aliphatic carbocycles. The average Bonchev–Trinajstić information content (AvgIpc) is 2.53. The van der Waals surface area contributed by atoms with E-state index in [-0.39, 0.29) is 0 Å². The minimum Gasteiger partial charge on any atom is -0.370 e. The van der Waals surface area contributed by atoms with Crippen LogP contribution in [-0.4, -0.2) is 21.5 Å². The summed E-state index contributed by atoms with van der Waals surface area (Å²) in [7, 11) is 0. The van der Waals surface area contributed by atoms with E-state index in [0.29, 0.717) is 0 Å². The molecule has 4 heteroatoms. The summed E-state index contributed by atoms with van der Waals surface area (Å²) in [4.78, 5) is 13.6. The predicted molar refractivity (Wildman–Crippen MR) is 86.6 cm³/mol. The fourth-order valence-corrected chi connectivity index (χ4v) is 2.10. The van der Waals surface area contributed by atoms with Gasteiger partial charge < -0.3 is 5.32 Å². The van der Waals surface area contributed by atoms with E-state index in [9.17, 15) is 0 Å². The molecular weight excluding hydrogens is 260 g/mol. The Kier molecular flexibility index (Phi) is 5.67. The zero-order chi connectivity index (χ0) is 15.1. The molecule has 0 aromatic carbocycles. The summed E-state index contributed by atoms with van der Waals surface area (Å²) in [5.74, 6) is 1.81. The van der Waals surface area contributed by atoms with Crippen molar-refractivity contribution < 1.29 is 0 Å². The minimum atomic E-state index is 0.750. The number of aryl methyl sites for hydroxylation is 2. The second-order valence-corrected chi connectivity index (χ2v) is 5.13. The highest BCUT2D eigenvalue weighted by atomic mass is 15.0. The van der Waals surface area contributed by atoms with Crippen LogP contribution in [0, 0.1) is 0 Å². The van der Waals surface area contributed by atoms with Gasteiger partial charge in [-0.25, -0.2) is 9.97 Å². The van der Waals surface area contributed by atoms with Crippen LogP contribution in [-0.2, 0) is 19.3 Å². The van der Waals surface area contributed by atoms with Gasteiger partial charge in [0.1, 0.15) is 11.6 Å². The van der Waals surface area contributed by atoms with Crippen molar-refractivity contribution in [2.45, 2.75) is 46.5 Å². The third kappa shape index (κ3) is 4.52. The highest BCUT2D eigenvalue weighted by Gasteiger charge is 2.05. The molecule has 0 amide bonds. The molecule has 21 heavy (non-hydrogen) atoms. The van der Waals surface area contributed by atoms with Crippen molar-refractivity contribution in [3.05, 3.63) is 47.2 Å². The van der Waals surface area contributed by atoms with Gasteiger partial charge in [0.05, 0.1) is 5.69 Å². The fourth-order valence-electron chi connectivity index (χ4n) is 2.10. The maximum Gasteiger partial charge on any atom is 0.130 e. The largest absolute Gasteiger partial charge is 0.370 e. The summed E-state index contributed by atoms with van der Waals surface area (Å²) >= 11 is 0. The molecule has 2 aromatic rings. The smallest absolute Gasteiger partial charge is 0.130 e. The van der Waals surface area contributed by atoms with Gasteiger partial charge in [0, 0.05) is 37.3 Å². The van der Waals surface area contributed by atoms with Crippen molar-refractivity contribution in [2.75, 3.05) is 11.9 Å². The average molecular weight is 284 g/mol. The Labute approximate surface area is 127 Å². The van der Waals surface area contributed by atoms with Crippen LogP contribution in [0.2, 0.25) is 0 Å². The second-order valence-electron chi connectivity index (χ2n) is 5.13. The molecule has 2 heterocycles. The topological polar surface area (TPSA) is 50.7 Å². The van der Waals surface area contributed by atoms with Crippen molar-refractivity contribution in [2.24, 2.45) is 0 Å². The number of anilines is 1. The van der Waals surface area contributed by atoms with Crippen LogP contribution in [0.1, 0.15) is 50.0 Å². The molecule has 0 spiro atoms. The lowest BCUT2D eigenvalue weighted by Gasteiger charge is -2.09. The van der Waals surface area contributed by atoms with Crippen LogP contribution in [0.25, 0.3) is 0 Å². The summed E-state index contributed by atoms with van der Waals surface area (Å²) in [6.45, 7) is 7.30. The molecule has 0 aliphatic heterocycles. The highest BCUT2D eigenvalue weighted by Crippen LogP contribution is 2.12. The van der Waals surface area contributed by atoms with Gasteiger partial charge in [-0.3, -0.25) is 4.98 Å². The summed E-state index contributed by atoms with van der Waals surface area (Å²) in [6.07, 6.45) is 5.65. The molecule has 1 N–H and O–H groups in total. The van der Waals surface area contributed by atoms with E-state index in [0.717, 1.165) is 55.3 Å². The SMILES string of the molecule is CCCNc1cc(Cc2ccc(CC)cn2)nc(CC)n1. The molecule has 0 bridgehead atoms. The maximum absolute atomic E-state index is 4.61. The molecule has 0 saturated heterocycles. The molecule has 2 aromatic heterocycles. The van der Waals surface area contributed by atoms with E-state index in [1.54, 1.807) is 0 Å². The van der Waals surface area contributed by atoms with Gasteiger partial charge in [-0.05, 0) is 24.5 Å². The normalized spacial score (nSPS) is 10.6. The molecular formula is C17H24N4. The van der Waals surface area contributed by atoms with Gasteiger partial charge in [-0.15, -0.1) is 0 Å². The van der Waals surface area contributed by atoms with Crippen LogP contribution in [0.15, 0.2) is 24.4 Å². The molecule has 112 valence electrons. The number of pyridine rings is 1. The number of hydrogen-bond donors (Lipinski definition) is 1. The van der Waals surface area contributed by atoms with Crippen molar-refractivity contribution in [3.8, 4) is 0 Å². The lowest BCUT2D eigenvalue weighted by Crippen LogP contribution is -2.07. The number of nitrogens with one attached hydrogen (secondary N) is 1. The number of nitrogens with zero attached hydrogens (tertiary/aromatic N) is 3. The Morgan fingerprint density at radius 1 is 1.00 bits per heavy atom. The number of hydrogen-bond acceptors (Lipinski definition) is 4. The van der Waals surface area contributed by atoms with E-state index in [4.69, 9.17) is 0 Å². The standard InChI is InChI=1S/C17H24N4/c1-4-9-18-17-11-15(20-16(6-3)21-17)10-14-8-7-13(5-2)12-19-14/h7-8,11-12H,4-6,9-10H2,1-3H3,(H,18,20,21). The van der Waals surface area contributed by atoms with Crippen molar-refractivity contribution >= 4 is 5.82 Å². The minimum absolute atomic E-state index is 0.750. The molecule has 0 unspecified atom stereocenters. The zero-order valence-corrected chi connectivity index (χ0v) is 13.2. The summed E-state index contributed by atoms with van der Waals surface area (Å²) in [5, 5.41) is 3.34. The Hall–Kier alpha value is -1.97. The lowest BCUT2D eigenvalue weighted by molar-refractivity contribution is 0.877. The van der Waals surface area contributed by atoms with Crippen LogP contribution >= 0.6 is 0 Å². The van der Waals surface area contributed by atoms with Gasteiger partial charge in [-0.2, -0.15) is 0 Å². The summed E-state index contributed by atoms with van der Waals surface area (Å²) in [5.41, 5.74) is 3.34. The van der Waals surface area contributed by atoms with Gasteiger partial charge >= 0.3 is 0 Å². The van der Waals surface area contributed by atoms with Gasteiger partial charge in [0.25, 0.3) is 0 Å². The van der Waals surface area contributed by atoms with Gasteiger partial charge in [0.15, 0.2) is 0 Å². The Balaban J connectivity index is 2.16. The first-order valence-electron chi connectivity index (χ1n) is 7.79. The lowest BCUT2D eigenvalue weighted by atomic mass is 10.1. The van der Waals surface area contributed by atoms with Crippen LogP contribution < -0.4 is 5.32 Å². The monoisotopic (exact) mass is 284 g/mol. The third-order valence-electron chi connectivity index (χ3n) is 3.35. The maximum atomic E-state index is 4.61. The highest BCUT2D eigenvalue weighted by molar-refractivity contribution is 5.37. The summed E-state index contributed by atoms with van der Waals surface area (Å²) in [6, 6.07) is 6.26. The Bertz CT molecular complexity index is 564. The molecule has 0 fully saturated rings. The van der Waals surface area contributed by atoms with Gasteiger partial charge in [0.2, 0.25) is 0 Å². The number of aromatic nitrogens is 3. The number of rotatable bonds is 7. The predicted octanol–water partition coefficient (Wildman–Crippen LogP) is 3.41. The van der Waals surface area contributed by atoms with Crippen LogP contribution in [0.4, 0.5) is 5.82 Å². The third-order valence-corrected chi connectivity index (χ3v) is 3.35. The summed E-state index contributed by atoms with van der Waals surface area (Å²) < 4.78 is 0. The van der Waals surface area contributed by atoms with E-state index < -0.39 is 0 Å².